The molecule has 1 amide bonds. The molecular weight excluding hydrogens is 474 g/mol. The van der Waals surface area contributed by atoms with E-state index < -0.39 is 6.23 Å². The summed E-state index contributed by atoms with van der Waals surface area (Å²) < 4.78 is 2.76. The molecule has 0 saturated carbocycles. The van der Waals surface area contributed by atoms with Gasteiger partial charge in [0.2, 0.25) is 0 Å². The highest BCUT2D eigenvalue weighted by Gasteiger charge is 2.29. The summed E-state index contributed by atoms with van der Waals surface area (Å²) in [5.74, 6) is 1.61. The quantitative estimate of drug-likeness (QED) is 0.200. The molecule has 2 atom stereocenters. The average molecular weight is 504 g/mol. The number of carbonyl (C=O) groups is 1. The van der Waals surface area contributed by atoms with Crippen LogP contribution in [0.5, 0.6) is 0 Å². The van der Waals surface area contributed by atoms with Crippen LogP contribution < -0.4 is 25.8 Å². The largest absolute Gasteiger partial charge is 0.373 e. The van der Waals surface area contributed by atoms with Crippen LogP contribution >= 0.6 is 23.5 Å². The fraction of sp³-hybridized carbons (Fsp3) is 0.435. The Kier molecular flexibility index (Phi) is 7.95. The number of rotatable bonds is 9. The molecule has 0 bridgehead atoms. The van der Waals surface area contributed by atoms with E-state index in [-0.39, 0.29) is 22.2 Å². The van der Waals surface area contributed by atoms with Crippen LogP contribution in [-0.4, -0.2) is 45.8 Å². The number of anilines is 2. The number of aliphatic hydroxyl groups is 1. The van der Waals surface area contributed by atoms with Gasteiger partial charge in [-0.3, -0.25) is 14.5 Å². The van der Waals surface area contributed by atoms with E-state index in [0.29, 0.717) is 10.8 Å². The van der Waals surface area contributed by atoms with Gasteiger partial charge in [0.15, 0.2) is 0 Å². The number of aromatic nitrogens is 2. The van der Waals surface area contributed by atoms with E-state index in [0.717, 1.165) is 43.2 Å². The number of halogens is 1. The monoisotopic (exact) mass is 503 g/mol. The molecule has 2 aromatic rings. The van der Waals surface area contributed by atoms with Gasteiger partial charge in [-0.2, -0.15) is 5.43 Å². The van der Waals surface area contributed by atoms with Crippen LogP contribution in [0, 0.1) is 5.92 Å². The molecule has 11 heteroatoms. The first-order valence-electron chi connectivity index (χ1n) is 11.3. The summed E-state index contributed by atoms with van der Waals surface area (Å²) in [6.07, 6.45) is 5.91. The molecule has 0 radical (unpaired) electrons. The van der Waals surface area contributed by atoms with Crippen LogP contribution in [0.2, 0.25) is 5.15 Å². The lowest BCUT2D eigenvalue weighted by Gasteiger charge is -2.17. The smallest absolute Gasteiger partial charge is 0.264 e. The highest BCUT2D eigenvalue weighted by Crippen LogP contribution is 2.26. The van der Waals surface area contributed by atoms with Crippen LogP contribution in [0.1, 0.15) is 43.5 Å². The molecule has 182 valence electrons. The first-order chi connectivity index (χ1) is 16.3. The minimum atomic E-state index is -0.783. The highest BCUT2D eigenvalue weighted by molar-refractivity contribution is 7.97. The molecule has 4 rings (SSSR count). The highest BCUT2D eigenvalue weighted by atomic mass is 35.5. The molecule has 5 N–H and O–H groups in total. The van der Waals surface area contributed by atoms with Crippen molar-refractivity contribution in [3.63, 3.8) is 0 Å². The molecule has 0 spiro atoms. The number of nitrogens with zero attached hydrogens (tertiary/aromatic N) is 3. The van der Waals surface area contributed by atoms with E-state index in [1.54, 1.807) is 24.4 Å². The minimum Gasteiger partial charge on any atom is -0.373 e. The zero-order valence-electron chi connectivity index (χ0n) is 19.2. The van der Waals surface area contributed by atoms with Crippen LogP contribution in [0.25, 0.3) is 0 Å². The van der Waals surface area contributed by atoms with Crippen LogP contribution in [-0.2, 0) is 0 Å². The van der Waals surface area contributed by atoms with Crippen LogP contribution in [0.4, 0.5) is 11.6 Å². The van der Waals surface area contributed by atoms with Gasteiger partial charge in [0, 0.05) is 30.2 Å². The molecule has 0 aliphatic carbocycles. The summed E-state index contributed by atoms with van der Waals surface area (Å²) in [5.41, 5.74) is 3.27. The van der Waals surface area contributed by atoms with Crippen molar-refractivity contribution in [1.82, 2.24) is 25.4 Å². The molecule has 1 saturated heterocycles. The zero-order chi connectivity index (χ0) is 24.1. The van der Waals surface area contributed by atoms with Gasteiger partial charge in [0.1, 0.15) is 28.0 Å². The Morgan fingerprint density at radius 2 is 2.18 bits per heavy atom. The van der Waals surface area contributed by atoms with Crippen molar-refractivity contribution in [2.24, 2.45) is 5.92 Å². The SMILES string of the molecule is CC1(C)CC(CCCNc2cccc(SNC(=O)c3ccc(N4C=CC(O)N4)nc3Cl)n2)CN1. The predicted octanol–water partition coefficient (Wildman–Crippen LogP) is 3.30. The van der Waals surface area contributed by atoms with Crippen molar-refractivity contribution in [2.75, 3.05) is 23.4 Å². The van der Waals surface area contributed by atoms with Crippen LogP contribution in [0.3, 0.4) is 0 Å². The van der Waals surface area contributed by atoms with Gasteiger partial charge in [-0.05, 0) is 75.9 Å². The van der Waals surface area contributed by atoms with E-state index in [4.69, 9.17) is 11.6 Å². The normalized spacial score (nSPS) is 21.1. The number of nitrogens with one attached hydrogen (secondary N) is 4. The summed E-state index contributed by atoms with van der Waals surface area (Å²) in [6.45, 7) is 6.46. The topological polar surface area (TPSA) is 114 Å². The maximum Gasteiger partial charge on any atom is 0.264 e. The second-order valence-electron chi connectivity index (χ2n) is 9.09. The van der Waals surface area contributed by atoms with E-state index in [9.17, 15) is 9.90 Å². The Bertz CT molecular complexity index is 1050. The molecule has 2 aliphatic heterocycles. The number of hydrogen-bond donors (Lipinski definition) is 5. The number of amides is 1. The van der Waals surface area contributed by atoms with Gasteiger partial charge in [-0.1, -0.05) is 17.7 Å². The number of hydrazine groups is 1. The number of pyridine rings is 2. The molecule has 2 unspecified atom stereocenters. The molecule has 9 nitrogen and oxygen atoms in total. The van der Waals surface area contributed by atoms with Crippen molar-refractivity contribution in [2.45, 2.75) is 49.9 Å². The first kappa shape index (κ1) is 24.7. The van der Waals surface area contributed by atoms with Gasteiger partial charge in [-0.25, -0.2) is 9.97 Å². The Morgan fingerprint density at radius 3 is 2.88 bits per heavy atom. The van der Waals surface area contributed by atoms with Gasteiger partial charge in [0.05, 0.1) is 5.56 Å². The lowest BCUT2D eigenvalue weighted by Crippen LogP contribution is -2.35. The fourth-order valence-electron chi connectivity index (χ4n) is 4.09. The van der Waals surface area contributed by atoms with E-state index in [1.165, 1.54) is 17.9 Å². The second kappa shape index (κ2) is 10.9. The summed E-state index contributed by atoms with van der Waals surface area (Å²) in [5, 5.41) is 18.7. The molecule has 2 aliphatic rings. The van der Waals surface area contributed by atoms with Crippen molar-refractivity contribution < 1.29 is 9.90 Å². The molecule has 4 heterocycles. The number of carbonyl (C=O) groups excluding carboxylic acids is 1. The second-order valence-corrected chi connectivity index (χ2v) is 10.3. The maximum absolute atomic E-state index is 12.6. The third-order valence-corrected chi connectivity index (χ3v) is 6.76. The Hall–Kier alpha value is -2.37. The summed E-state index contributed by atoms with van der Waals surface area (Å²) in [6, 6.07) is 8.90. The predicted molar refractivity (Wildman–Crippen MR) is 135 cm³/mol. The Balaban J connectivity index is 1.24. The van der Waals surface area contributed by atoms with Crippen molar-refractivity contribution in [3.05, 3.63) is 53.3 Å². The minimum absolute atomic E-state index is 0.0661. The number of hydrogen-bond acceptors (Lipinski definition) is 9. The van der Waals surface area contributed by atoms with E-state index in [1.807, 2.05) is 18.2 Å². The third-order valence-electron chi connectivity index (χ3n) is 5.75. The third kappa shape index (κ3) is 6.61. The van der Waals surface area contributed by atoms with E-state index in [2.05, 4.69) is 44.6 Å². The molecule has 0 aromatic carbocycles. The summed E-state index contributed by atoms with van der Waals surface area (Å²) in [4.78, 5) is 21.4. The maximum atomic E-state index is 12.6. The van der Waals surface area contributed by atoms with Crippen molar-refractivity contribution >= 4 is 41.1 Å². The van der Waals surface area contributed by atoms with E-state index >= 15 is 0 Å². The lowest BCUT2D eigenvalue weighted by atomic mass is 9.94. The average Bonchev–Trinajstić information content (AvgIpc) is 3.40. The summed E-state index contributed by atoms with van der Waals surface area (Å²) >= 11 is 7.35. The van der Waals surface area contributed by atoms with Gasteiger partial charge in [0.25, 0.3) is 5.91 Å². The Labute approximate surface area is 208 Å². The van der Waals surface area contributed by atoms with Crippen LogP contribution in [0.15, 0.2) is 47.6 Å². The molecule has 34 heavy (non-hydrogen) atoms. The van der Waals surface area contributed by atoms with Gasteiger partial charge >= 0.3 is 0 Å². The van der Waals surface area contributed by atoms with Crippen molar-refractivity contribution in [3.8, 4) is 0 Å². The Morgan fingerprint density at radius 1 is 1.32 bits per heavy atom. The van der Waals surface area contributed by atoms with Gasteiger partial charge in [-0.15, -0.1) is 0 Å². The lowest BCUT2D eigenvalue weighted by molar-refractivity contribution is 0.0984. The van der Waals surface area contributed by atoms with Crippen molar-refractivity contribution in [1.29, 1.82) is 0 Å². The molecule has 1 fully saturated rings. The standard InChI is InChI=1S/C23H30ClN7O2S/c1-23(2)13-15(14-26-23)5-4-11-25-17-6-3-7-20(27-17)34-30-22(33)16-8-9-18(28-21(16)24)31-12-10-19(32)29-31/h3,6-10,12,15,19,26,29,32H,4-5,11,13-14H2,1-2H3,(H,25,27)(H,30,33). The van der Waals surface area contributed by atoms with Gasteiger partial charge < -0.3 is 15.7 Å². The summed E-state index contributed by atoms with van der Waals surface area (Å²) in [7, 11) is 0. The first-order valence-corrected chi connectivity index (χ1v) is 12.5. The molecular formula is C23H30ClN7O2S. The molecule has 2 aromatic heterocycles. The fourth-order valence-corrected chi connectivity index (χ4v) is 4.92. The zero-order valence-corrected chi connectivity index (χ0v) is 20.8. The number of aliphatic hydroxyl groups excluding tert-OH is 1.